The molecule has 1 aromatic heterocycles. The minimum absolute atomic E-state index is 0.284. The highest BCUT2D eigenvalue weighted by Gasteiger charge is 2.31. The summed E-state index contributed by atoms with van der Waals surface area (Å²) in [5.74, 6) is -1.39. The van der Waals surface area contributed by atoms with E-state index in [-0.39, 0.29) is 4.88 Å². The molecule has 0 saturated heterocycles. The highest BCUT2D eigenvalue weighted by molar-refractivity contribution is 7.10. The van der Waals surface area contributed by atoms with E-state index in [0.717, 1.165) is 11.3 Å². The second-order valence-corrected chi connectivity index (χ2v) is 4.10. The number of rotatable bonds is 4. The third-order valence-electron chi connectivity index (χ3n) is 1.70. The number of alkyl halides is 3. The number of carbonyl (C=O) groups excluding carboxylic acids is 1. The van der Waals surface area contributed by atoms with Crippen molar-refractivity contribution in [3.63, 3.8) is 0 Å². The van der Waals surface area contributed by atoms with E-state index in [0.29, 0.717) is 0 Å². The van der Waals surface area contributed by atoms with Gasteiger partial charge < -0.3 is 15.2 Å². The second-order valence-electron chi connectivity index (χ2n) is 3.12. The Morgan fingerprint density at radius 3 is 2.61 bits per heavy atom. The maximum Gasteiger partial charge on any atom is 0.422 e. The Balaban J connectivity index is 2.58. The molecule has 0 aliphatic carbocycles. The predicted octanol–water partition coefficient (Wildman–Crippen LogP) is 2.16. The number of carbonyl (C=O) groups is 2. The van der Waals surface area contributed by atoms with Crippen molar-refractivity contribution in [2.45, 2.75) is 12.2 Å². The van der Waals surface area contributed by atoms with Crippen LogP contribution in [0.1, 0.15) is 10.9 Å². The van der Waals surface area contributed by atoms with E-state index in [1.807, 2.05) is 5.32 Å². The third-order valence-corrected chi connectivity index (χ3v) is 2.64. The second kappa shape index (κ2) is 5.71. The number of ether oxygens (including phenoxy) is 1. The van der Waals surface area contributed by atoms with Gasteiger partial charge in [-0.2, -0.15) is 13.2 Å². The first-order valence-electron chi connectivity index (χ1n) is 4.56. The number of carboxylic acids is 1. The molecule has 1 unspecified atom stereocenters. The summed E-state index contributed by atoms with van der Waals surface area (Å²) in [5.41, 5.74) is 0. The van der Waals surface area contributed by atoms with Crippen molar-refractivity contribution in [3.05, 3.63) is 22.4 Å². The van der Waals surface area contributed by atoms with E-state index in [1.54, 1.807) is 11.4 Å². The SMILES string of the molecule is O=C(NC(C(=O)O)c1cccs1)OCC(F)(F)F. The Kier molecular flexibility index (Phi) is 4.54. The number of nitrogens with one attached hydrogen (secondary N) is 1. The van der Waals surface area contributed by atoms with Crippen LogP contribution in [0.4, 0.5) is 18.0 Å². The fourth-order valence-electron chi connectivity index (χ4n) is 1.02. The largest absolute Gasteiger partial charge is 0.479 e. The Morgan fingerprint density at radius 1 is 1.50 bits per heavy atom. The van der Waals surface area contributed by atoms with Crippen molar-refractivity contribution in [2.75, 3.05) is 6.61 Å². The van der Waals surface area contributed by atoms with Gasteiger partial charge in [0.25, 0.3) is 0 Å². The van der Waals surface area contributed by atoms with Crippen LogP contribution in [0.5, 0.6) is 0 Å². The zero-order valence-electron chi connectivity index (χ0n) is 8.73. The average molecular weight is 283 g/mol. The monoisotopic (exact) mass is 283 g/mol. The fraction of sp³-hybridized carbons (Fsp3) is 0.333. The molecule has 1 amide bonds. The molecule has 2 N–H and O–H groups in total. The van der Waals surface area contributed by atoms with Gasteiger partial charge in [-0.05, 0) is 11.4 Å². The zero-order valence-corrected chi connectivity index (χ0v) is 9.55. The lowest BCUT2D eigenvalue weighted by atomic mass is 10.2. The number of carboxylic acid groups (broad SMARTS) is 1. The molecule has 0 saturated carbocycles. The quantitative estimate of drug-likeness (QED) is 0.888. The van der Waals surface area contributed by atoms with Gasteiger partial charge in [-0.1, -0.05) is 6.07 Å². The van der Waals surface area contributed by atoms with E-state index in [9.17, 15) is 22.8 Å². The third kappa shape index (κ3) is 4.62. The van der Waals surface area contributed by atoms with Crippen LogP contribution in [0.15, 0.2) is 17.5 Å². The molecule has 9 heteroatoms. The molecule has 1 heterocycles. The van der Waals surface area contributed by atoms with Crippen LogP contribution >= 0.6 is 11.3 Å². The van der Waals surface area contributed by atoms with E-state index < -0.39 is 30.9 Å². The van der Waals surface area contributed by atoms with Gasteiger partial charge in [0.05, 0.1) is 0 Å². The first-order valence-corrected chi connectivity index (χ1v) is 5.44. The number of thiophene rings is 1. The van der Waals surface area contributed by atoms with Gasteiger partial charge in [-0.25, -0.2) is 9.59 Å². The minimum atomic E-state index is -4.65. The lowest BCUT2D eigenvalue weighted by molar-refractivity contribution is -0.160. The summed E-state index contributed by atoms with van der Waals surface area (Å²) >= 11 is 1.05. The highest BCUT2D eigenvalue weighted by Crippen LogP contribution is 2.20. The first-order chi connectivity index (χ1) is 8.29. The van der Waals surface area contributed by atoms with Crippen LogP contribution in [0.25, 0.3) is 0 Å². The summed E-state index contributed by atoms with van der Waals surface area (Å²) in [5, 5.41) is 12.3. The van der Waals surface area contributed by atoms with Gasteiger partial charge in [0, 0.05) is 4.88 Å². The lowest BCUT2D eigenvalue weighted by Crippen LogP contribution is -2.35. The smallest absolute Gasteiger partial charge is 0.422 e. The Bertz CT molecular complexity index is 418. The highest BCUT2D eigenvalue weighted by atomic mass is 32.1. The van der Waals surface area contributed by atoms with E-state index >= 15 is 0 Å². The summed E-state index contributed by atoms with van der Waals surface area (Å²) in [4.78, 5) is 22.1. The lowest BCUT2D eigenvalue weighted by Gasteiger charge is -2.13. The van der Waals surface area contributed by atoms with Crippen LogP contribution in [-0.4, -0.2) is 30.0 Å². The number of halogens is 3. The fourth-order valence-corrected chi connectivity index (χ4v) is 1.78. The number of aliphatic carboxylic acids is 1. The van der Waals surface area contributed by atoms with Crippen molar-refractivity contribution in [3.8, 4) is 0 Å². The first kappa shape index (κ1) is 14.3. The molecule has 5 nitrogen and oxygen atoms in total. The normalized spacial score (nSPS) is 12.8. The summed E-state index contributed by atoms with van der Waals surface area (Å²) in [6, 6.07) is 1.57. The maximum atomic E-state index is 11.8. The Labute approximate surface area is 103 Å². The topological polar surface area (TPSA) is 75.6 Å². The van der Waals surface area contributed by atoms with Gasteiger partial charge in [-0.15, -0.1) is 11.3 Å². The molecule has 0 spiro atoms. The van der Waals surface area contributed by atoms with Gasteiger partial charge in [0.1, 0.15) is 0 Å². The molecule has 1 aromatic rings. The van der Waals surface area contributed by atoms with E-state index in [2.05, 4.69) is 4.74 Å². The summed E-state index contributed by atoms with van der Waals surface area (Å²) < 4.78 is 39.1. The van der Waals surface area contributed by atoms with Gasteiger partial charge in [-0.3, -0.25) is 0 Å². The molecular formula is C9H8F3NO4S. The van der Waals surface area contributed by atoms with E-state index in [4.69, 9.17) is 5.11 Å². The Morgan fingerprint density at radius 2 is 2.17 bits per heavy atom. The average Bonchev–Trinajstić information content (AvgIpc) is 2.74. The molecular weight excluding hydrogens is 275 g/mol. The van der Waals surface area contributed by atoms with Crippen molar-refractivity contribution >= 4 is 23.4 Å². The Hall–Kier alpha value is -1.77. The maximum absolute atomic E-state index is 11.8. The molecule has 0 aromatic carbocycles. The molecule has 100 valence electrons. The van der Waals surface area contributed by atoms with Crippen LogP contribution in [0.3, 0.4) is 0 Å². The molecule has 0 fully saturated rings. The summed E-state index contributed by atoms with van der Waals surface area (Å²) in [6.07, 6.45) is -6.09. The van der Waals surface area contributed by atoms with Crippen molar-refractivity contribution in [2.24, 2.45) is 0 Å². The molecule has 1 atom stereocenters. The van der Waals surface area contributed by atoms with Crippen molar-refractivity contribution in [1.29, 1.82) is 0 Å². The molecule has 0 aliphatic rings. The molecule has 0 radical (unpaired) electrons. The van der Waals surface area contributed by atoms with Crippen LogP contribution in [0.2, 0.25) is 0 Å². The zero-order chi connectivity index (χ0) is 13.8. The minimum Gasteiger partial charge on any atom is -0.479 e. The molecule has 0 bridgehead atoms. The number of amides is 1. The number of hydrogen-bond acceptors (Lipinski definition) is 4. The van der Waals surface area contributed by atoms with E-state index in [1.165, 1.54) is 6.07 Å². The van der Waals surface area contributed by atoms with Gasteiger partial charge in [0.2, 0.25) is 0 Å². The van der Waals surface area contributed by atoms with Crippen LogP contribution in [-0.2, 0) is 9.53 Å². The molecule has 1 rings (SSSR count). The number of hydrogen-bond donors (Lipinski definition) is 2. The van der Waals surface area contributed by atoms with Crippen molar-refractivity contribution < 1.29 is 32.6 Å². The summed E-state index contributed by atoms with van der Waals surface area (Å²) in [6.45, 7) is -1.77. The molecule has 0 aliphatic heterocycles. The number of alkyl carbamates (subject to hydrolysis) is 1. The van der Waals surface area contributed by atoms with Crippen molar-refractivity contribution in [1.82, 2.24) is 5.32 Å². The van der Waals surface area contributed by atoms with Gasteiger partial charge in [0.15, 0.2) is 12.6 Å². The standard InChI is InChI=1S/C9H8F3NO4S/c10-9(11,12)4-17-8(16)13-6(7(14)15)5-2-1-3-18-5/h1-3,6H,4H2,(H,13,16)(H,14,15). The van der Waals surface area contributed by atoms with Crippen LogP contribution in [0, 0.1) is 0 Å². The molecule has 18 heavy (non-hydrogen) atoms. The van der Waals surface area contributed by atoms with Gasteiger partial charge >= 0.3 is 18.2 Å². The summed E-state index contributed by atoms with van der Waals surface area (Å²) in [7, 11) is 0. The van der Waals surface area contributed by atoms with Crippen LogP contribution < -0.4 is 5.32 Å². The predicted molar refractivity (Wildman–Crippen MR) is 55.2 cm³/mol.